The second-order valence-electron chi connectivity index (χ2n) is 7.32. The summed E-state index contributed by atoms with van der Waals surface area (Å²) < 4.78 is 10.2. The molecule has 0 aliphatic carbocycles. The first-order valence-electron chi connectivity index (χ1n) is 9.61. The standard InChI is InChI=1S/C22H27Cl2NO5/c1-12-7-5-6-8-14(12)10-15(9-13(2)16(24)11-23)18(26)17-19(27)20(29-3)22(30-4)25-21(17)28/h5-8,13,15-16H,9-11H2,1-4H3,(H2,25,27,28)/t13-,15+,16-/m0/s1. The van der Waals surface area contributed by atoms with Crippen molar-refractivity contribution in [3.63, 3.8) is 0 Å². The van der Waals surface area contributed by atoms with Crippen LogP contribution in [0.15, 0.2) is 29.1 Å². The molecule has 0 radical (unpaired) electrons. The summed E-state index contributed by atoms with van der Waals surface area (Å²) in [6.07, 6.45) is 0.802. The van der Waals surface area contributed by atoms with Crippen molar-refractivity contribution in [3.8, 4) is 17.4 Å². The van der Waals surface area contributed by atoms with Crippen molar-refractivity contribution in [3.05, 3.63) is 51.3 Å². The highest BCUT2D eigenvalue weighted by Crippen LogP contribution is 2.37. The third-order valence-electron chi connectivity index (χ3n) is 5.29. The fourth-order valence-electron chi connectivity index (χ4n) is 3.45. The molecule has 1 heterocycles. The van der Waals surface area contributed by atoms with Gasteiger partial charge in [0.1, 0.15) is 5.56 Å². The van der Waals surface area contributed by atoms with E-state index < -0.39 is 23.0 Å². The molecule has 0 saturated carbocycles. The predicted molar refractivity (Wildman–Crippen MR) is 119 cm³/mol. The lowest BCUT2D eigenvalue weighted by molar-refractivity contribution is 0.0895. The summed E-state index contributed by atoms with van der Waals surface area (Å²) in [4.78, 5) is 28.5. The van der Waals surface area contributed by atoms with Crippen LogP contribution in [-0.4, -0.2) is 41.4 Å². The van der Waals surface area contributed by atoms with Crippen LogP contribution in [0, 0.1) is 18.8 Å². The number of benzene rings is 1. The van der Waals surface area contributed by atoms with Crippen molar-refractivity contribution in [2.45, 2.75) is 32.1 Å². The number of ketones is 1. The lowest BCUT2D eigenvalue weighted by Crippen LogP contribution is -2.29. The fourth-order valence-corrected chi connectivity index (χ4v) is 3.86. The molecule has 6 nitrogen and oxygen atoms in total. The molecule has 1 aromatic heterocycles. The number of nitrogens with one attached hydrogen (secondary N) is 1. The number of H-pyrrole nitrogens is 1. The highest BCUT2D eigenvalue weighted by Gasteiger charge is 2.32. The summed E-state index contributed by atoms with van der Waals surface area (Å²) in [5.74, 6) is -1.59. The first-order chi connectivity index (χ1) is 14.2. The molecule has 2 aromatic rings. The minimum absolute atomic E-state index is 0.0525. The smallest absolute Gasteiger partial charge is 0.265 e. The van der Waals surface area contributed by atoms with Crippen LogP contribution >= 0.6 is 23.2 Å². The van der Waals surface area contributed by atoms with Crippen LogP contribution < -0.4 is 15.0 Å². The third-order valence-corrected chi connectivity index (χ3v) is 6.36. The molecule has 0 bridgehead atoms. The maximum atomic E-state index is 13.5. The minimum atomic E-state index is -0.739. The zero-order valence-electron chi connectivity index (χ0n) is 17.5. The Kier molecular flexibility index (Phi) is 8.62. The first kappa shape index (κ1) is 24.1. The number of hydrogen-bond acceptors (Lipinski definition) is 5. The SMILES string of the molecule is COc1[nH]c(=O)c(C(=O)[C@@H](Cc2ccccc2C)C[C@H](C)[C@@H](Cl)CCl)c(O)c1OC. The van der Waals surface area contributed by atoms with E-state index in [0.717, 1.165) is 11.1 Å². The number of alkyl halides is 2. The van der Waals surface area contributed by atoms with Gasteiger partial charge in [-0.05, 0) is 36.8 Å². The van der Waals surface area contributed by atoms with Gasteiger partial charge in [-0.3, -0.25) is 14.6 Å². The number of aromatic amines is 1. The van der Waals surface area contributed by atoms with Gasteiger partial charge < -0.3 is 14.6 Å². The zero-order valence-corrected chi connectivity index (χ0v) is 19.0. The van der Waals surface area contributed by atoms with Crippen LogP contribution in [0.1, 0.15) is 34.8 Å². The Hall–Kier alpha value is -2.18. The van der Waals surface area contributed by atoms with Gasteiger partial charge in [-0.15, -0.1) is 23.2 Å². The molecule has 1 aromatic carbocycles. The Morgan fingerprint density at radius 1 is 1.23 bits per heavy atom. The molecular weight excluding hydrogens is 429 g/mol. The van der Waals surface area contributed by atoms with E-state index in [9.17, 15) is 14.7 Å². The van der Waals surface area contributed by atoms with Crippen molar-refractivity contribution in [2.75, 3.05) is 20.1 Å². The van der Waals surface area contributed by atoms with E-state index in [2.05, 4.69) is 4.98 Å². The van der Waals surface area contributed by atoms with Gasteiger partial charge in [0.2, 0.25) is 11.6 Å². The number of carbonyl (C=O) groups excluding carboxylic acids is 1. The second-order valence-corrected chi connectivity index (χ2v) is 8.19. The van der Waals surface area contributed by atoms with Crippen LogP contribution in [0.4, 0.5) is 0 Å². The Balaban J connectivity index is 2.51. The molecule has 8 heteroatoms. The van der Waals surface area contributed by atoms with Crippen LogP contribution in [0.3, 0.4) is 0 Å². The van der Waals surface area contributed by atoms with Gasteiger partial charge in [0.25, 0.3) is 5.56 Å². The Morgan fingerprint density at radius 3 is 2.47 bits per heavy atom. The number of aryl methyl sites for hydroxylation is 1. The molecule has 3 atom stereocenters. The number of pyridine rings is 1. The van der Waals surface area contributed by atoms with Crippen LogP contribution in [0.2, 0.25) is 0 Å². The third kappa shape index (κ3) is 5.29. The van der Waals surface area contributed by atoms with E-state index >= 15 is 0 Å². The normalized spacial score (nSPS) is 14.1. The molecule has 0 aliphatic rings. The Morgan fingerprint density at radius 2 is 1.90 bits per heavy atom. The van der Waals surface area contributed by atoms with Gasteiger partial charge in [0.05, 0.1) is 14.2 Å². The van der Waals surface area contributed by atoms with Crippen LogP contribution in [-0.2, 0) is 6.42 Å². The molecule has 0 amide bonds. The molecule has 0 aliphatic heterocycles. The lowest BCUT2D eigenvalue weighted by Gasteiger charge is -2.23. The molecule has 0 fully saturated rings. The largest absolute Gasteiger partial charge is 0.503 e. The van der Waals surface area contributed by atoms with Gasteiger partial charge in [0, 0.05) is 17.2 Å². The number of hydrogen-bond donors (Lipinski definition) is 2. The fraction of sp³-hybridized carbons (Fsp3) is 0.455. The van der Waals surface area contributed by atoms with E-state index in [-0.39, 0.29) is 34.4 Å². The summed E-state index contributed by atoms with van der Waals surface area (Å²) in [5, 5.41) is 10.3. The van der Waals surface area contributed by atoms with Gasteiger partial charge in [0.15, 0.2) is 11.5 Å². The summed E-state index contributed by atoms with van der Waals surface area (Å²) in [6.45, 7) is 3.88. The van der Waals surface area contributed by atoms with Crippen molar-refractivity contribution in [1.82, 2.24) is 4.98 Å². The van der Waals surface area contributed by atoms with Crippen molar-refractivity contribution < 1.29 is 19.4 Å². The highest BCUT2D eigenvalue weighted by molar-refractivity contribution is 6.28. The molecule has 2 rings (SSSR count). The number of methoxy groups -OCH3 is 2. The number of ether oxygens (including phenoxy) is 2. The van der Waals surface area contributed by atoms with Crippen molar-refractivity contribution in [1.29, 1.82) is 0 Å². The topological polar surface area (TPSA) is 88.6 Å². The Labute approximate surface area is 186 Å². The Bertz CT molecular complexity index is 944. The summed E-state index contributed by atoms with van der Waals surface area (Å²) in [7, 11) is 2.64. The zero-order chi connectivity index (χ0) is 22.4. The van der Waals surface area contributed by atoms with Crippen molar-refractivity contribution >= 4 is 29.0 Å². The van der Waals surface area contributed by atoms with E-state index in [1.165, 1.54) is 14.2 Å². The summed E-state index contributed by atoms with van der Waals surface area (Å²) in [6, 6.07) is 7.73. The van der Waals surface area contributed by atoms with E-state index in [0.29, 0.717) is 12.8 Å². The number of halogens is 2. The molecule has 0 spiro atoms. The monoisotopic (exact) mass is 455 g/mol. The number of aromatic nitrogens is 1. The molecular formula is C22H27Cl2NO5. The lowest BCUT2D eigenvalue weighted by atomic mass is 9.83. The molecule has 164 valence electrons. The summed E-state index contributed by atoms with van der Waals surface area (Å²) in [5.41, 5.74) is 0.928. The highest BCUT2D eigenvalue weighted by atomic mass is 35.5. The average molecular weight is 456 g/mol. The van der Waals surface area contributed by atoms with Gasteiger partial charge in [-0.1, -0.05) is 31.2 Å². The predicted octanol–water partition coefficient (Wildman–Crippen LogP) is 4.32. The van der Waals surface area contributed by atoms with Crippen molar-refractivity contribution in [2.24, 2.45) is 11.8 Å². The minimum Gasteiger partial charge on any atom is -0.503 e. The maximum absolute atomic E-state index is 13.5. The van der Waals surface area contributed by atoms with Crippen LogP contribution in [0.5, 0.6) is 17.4 Å². The first-order valence-corrected chi connectivity index (χ1v) is 10.6. The van der Waals surface area contributed by atoms with Gasteiger partial charge >= 0.3 is 0 Å². The number of carbonyl (C=O) groups is 1. The summed E-state index contributed by atoms with van der Waals surface area (Å²) >= 11 is 12.2. The average Bonchev–Trinajstić information content (AvgIpc) is 2.73. The molecule has 30 heavy (non-hydrogen) atoms. The van der Waals surface area contributed by atoms with E-state index in [4.69, 9.17) is 32.7 Å². The molecule has 0 saturated heterocycles. The number of aromatic hydroxyl groups is 1. The van der Waals surface area contributed by atoms with Crippen LogP contribution in [0.25, 0.3) is 0 Å². The maximum Gasteiger partial charge on any atom is 0.265 e. The molecule has 2 N–H and O–H groups in total. The van der Waals surface area contributed by atoms with Gasteiger partial charge in [-0.2, -0.15) is 0 Å². The van der Waals surface area contributed by atoms with E-state index in [1.54, 1.807) is 0 Å². The second kappa shape index (κ2) is 10.7. The molecule has 0 unspecified atom stereocenters. The number of Topliss-reactive ketones (excluding diaryl/α,β-unsaturated/α-hetero) is 1. The quantitative estimate of drug-likeness (QED) is 0.411. The van der Waals surface area contributed by atoms with Gasteiger partial charge in [-0.25, -0.2) is 0 Å². The number of rotatable bonds is 10. The van der Waals surface area contributed by atoms with E-state index in [1.807, 2.05) is 38.1 Å².